The van der Waals surface area contributed by atoms with Gasteiger partial charge in [0.2, 0.25) is 0 Å². The second kappa shape index (κ2) is 8.53. The maximum atomic E-state index is 13.1. The first-order valence-corrected chi connectivity index (χ1v) is 10.4. The van der Waals surface area contributed by atoms with Gasteiger partial charge in [0.15, 0.2) is 0 Å². The summed E-state index contributed by atoms with van der Waals surface area (Å²) in [6.45, 7) is 5.17. The first-order valence-electron chi connectivity index (χ1n) is 8.93. The number of aromatic nitrogens is 1. The number of anilines is 2. The smallest absolute Gasteiger partial charge is 0.261 e. The number of hydrogen-bond donors (Lipinski definition) is 3. The van der Waals surface area contributed by atoms with E-state index in [0.29, 0.717) is 31.0 Å². The van der Waals surface area contributed by atoms with Crippen molar-refractivity contribution in [2.45, 2.75) is 11.8 Å². The number of rotatable bonds is 6. The highest BCUT2D eigenvalue weighted by molar-refractivity contribution is 7.92. The number of piperazine rings is 1. The molecule has 0 bridgehead atoms. The van der Waals surface area contributed by atoms with Gasteiger partial charge in [0.05, 0.1) is 22.3 Å². The third-order valence-electron chi connectivity index (χ3n) is 4.24. The molecule has 1 aliphatic heterocycles. The first kappa shape index (κ1) is 20.0. The monoisotopic (exact) mass is 407 g/mol. The van der Waals surface area contributed by atoms with Gasteiger partial charge in [0.1, 0.15) is 11.6 Å². The Hall–Kier alpha value is -2.72. The van der Waals surface area contributed by atoms with Crippen molar-refractivity contribution in [3.8, 4) is 0 Å². The minimum Gasteiger partial charge on any atom is -0.353 e. The van der Waals surface area contributed by atoms with Crippen LogP contribution in [0, 0.1) is 5.82 Å². The number of halogens is 1. The average Bonchev–Trinajstić information content (AvgIpc) is 2.69. The van der Waals surface area contributed by atoms with Crippen LogP contribution < -0.4 is 20.3 Å². The largest absolute Gasteiger partial charge is 0.353 e. The van der Waals surface area contributed by atoms with Crippen molar-refractivity contribution in [2.24, 2.45) is 0 Å². The molecule has 0 unspecified atom stereocenters. The third-order valence-corrected chi connectivity index (χ3v) is 5.64. The Kier molecular flexibility index (Phi) is 6.10. The number of hydrogen-bond acceptors (Lipinski definition) is 6. The van der Waals surface area contributed by atoms with E-state index < -0.39 is 15.8 Å². The summed E-state index contributed by atoms with van der Waals surface area (Å²) in [7, 11) is -3.93. The van der Waals surface area contributed by atoms with Gasteiger partial charge in [-0.15, -0.1) is 0 Å². The molecule has 0 spiro atoms. The highest BCUT2D eigenvalue weighted by Gasteiger charge is 2.22. The molecule has 8 nitrogen and oxygen atoms in total. The van der Waals surface area contributed by atoms with Crippen LogP contribution in [-0.2, 0) is 10.0 Å². The number of sulfonamides is 1. The van der Waals surface area contributed by atoms with Crippen molar-refractivity contribution < 1.29 is 17.6 Å². The van der Waals surface area contributed by atoms with Crippen LogP contribution in [0.2, 0.25) is 0 Å². The summed E-state index contributed by atoms with van der Waals surface area (Å²) in [6.07, 6.45) is 1.38. The van der Waals surface area contributed by atoms with Crippen molar-refractivity contribution in [1.29, 1.82) is 0 Å². The fraction of sp³-hybridized carbons (Fsp3) is 0.333. The third kappa shape index (κ3) is 4.57. The zero-order valence-corrected chi connectivity index (χ0v) is 16.2. The Bertz CT molecular complexity index is 944. The summed E-state index contributed by atoms with van der Waals surface area (Å²) >= 11 is 0. The number of carbonyl (C=O) groups is 1. The Morgan fingerprint density at radius 3 is 2.57 bits per heavy atom. The van der Waals surface area contributed by atoms with Crippen LogP contribution in [0.3, 0.4) is 0 Å². The Morgan fingerprint density at radius 1 is 1.25 bits per heavy atom. The molecule has 0 atom stereocenters. The molecule has 1 aromatic carbocycles. The van der Waals surface area contributed by atoms with Gasteiger partial charge >= 0.3 is 0 Å². The quantitative estimate of drug-likeness (QED) is 0.665. The lowest BCUT2D eigenvalue weighted by Gasteiger charge is -2.30. The summed E-state index contributed by atoms with van der Waals surface area (Å²) in [5.41, 5.74) is 0.451. The van der Waals surface area contributed by atoms with Crippen LogP contribution in [0.15, 0.2) is 41.4 Å². The minimum absolute atomic E-state index is 0.0837. The van der Waals surface area contributed by atoms with Crippen molar-refractivity contribution in [1.82, 2.24) is 15.6 Å². The second-order valence-electron chi connectivity index (χ2n) is 6.25. The van der Waals surface area contributed by atoms with E-state index in [1.54, 1.807) is 6.92 Å². The van der Waals surface area contributed by atoms with E-state index in [2.05, 4.69) is 20.3 Å². The molecular weight excluding hydrogens is 385 g/mol. The number of pyridine rings is 1. The van der Waals surface area contributed by atoms with E-state index in [4.69, 9.17) is 0 Å². The number of nitrogens with zero attached hydrogens (tertiary/aromatic N) is 2. The van der Waals surface area contributed by atoms with Crippen molar-refractivity contribution in [3.05, 3.63) is 47.9 Å². The highest BCUT2D eigenvalue weighted by atomic mass is 32.2. The molecule has 2 heterocycles. The molecule has 28 heavy (non-hydrogen) atoms. The minimum atomic E-state index is -3.93. The van der Waals surface area contributed by atoms with Crippen LogP contribution in [0.5, 0.6) is 0 Å². The van der Waals surface area contributed by atoms with Gasteiger partial charge < -0.3 is 15.5 Å². The fourth-order valence-corrected chi connectivity index (χ4v) is 3.93. The molecule has 0 radical (unpaired) electrons. The molecule has 1 fully saturated rings. The molecule has 10 heteroatoms. The van der Waals surface area contributed by atoms with Gasteiger partial charge in [-0.25, -0.2) is 17.8 Å². The molecule has 1 aliphatic rings. The number of benzene rings is 1. The van der Waals surface area contributed by atoms with E-state index in [1.165, 1.54) is 24.4 Å². The van der Waals surface area contributed by atoms with Crippen LogP contribution >= 0.6 is 0 Å². The maximum Gasteiger partial charge on any atom is 0.261 e. The zero-order valence-electron chi connectivity index (χ0n) is 15.4. The summed E-state index contributed by atoms with van der Waals surface area (Å²) < 4.78 is 40.5. The molecule has 0 aliphatic carbocycles. The molecule has 3 N–H and O–H groups in total. The van der Waals surface area contributed by atoms with Crippen LogP contribution in [0.1, 0.15) is 17.3 Å². The van der Waals surface area contributed by atoms with Gasteiger partial charge in [0, 0.05) is 32.7 Å². The lowest BCUT2D eigenvalue weighted by molar-refractivity contribution is 0.0956. The van der Waals surface area contributed by atoms with Gasteiger partial charge in [-0.1, -0.05) is 0 Å². The Morgan fingerprint density at radius 2 is 1.93 bits per heavy atom. The topological polar surface area (TPSA) is 103 Å². The van der Waals surface area contributed by atoms with Gasteiger partial charge in [0.25, 0.3) is 15.9 Å². The predicted molar refractivity (Wildman–Crippen MR) is 105 cm³/mol. The van der Waals surface area contributed by atoms with E-state index >= 15 is 0 Å². The van der Waals surface area contributed by atoms with Crippen molar-refractivity contribution in [3.63, 3.8) is 0 Å². The summed E-state index contributed by atoms with van der Waals surface area (Å²) in [5.74, 6) is -0.344. The van der Waals surface area contributed by atoms with E-state index in [0.717, 1.165) is 25.2 Å². The second-order valence-corrected chi connectivity index (χ2v) is 7.93. The lowest BCUT2D eigenvalue weighted by atomic mass is 10.2. The normalized spacial score (nSPS) is 14.6. The summed E-state index contributed by atoms with van der Waals surface area (Å²) in [6, 6.07) is 5.95. The lowest BCUT2D eigenvalue weighted by Crippen LogP contribution is -2.44. The standard InChI is InChI=1S/C18H22FN5O3S/c1-2-21-18(25)16-11-14(12-22-17(16)24-9-7-20-8-10-24)23-28(26,27)15-5-3-13(19)4-6-15/h3-6,11-12,20,23H,2,7-10H2,1H3,(H,21,25). The molecule has 3 rings (SSSR count). The van der Waals surface area contributed by atoms with E-state index in [-0.39, 0.29) is 16.5 Å². The number of nitrogens with one attached hydrogen (secondary N) is 3. The molecular formula is C18H22FN5O3S. The van der Waals surface area contributed by atoms with Crippen molar-refractivity contribution in [2.75, 3.05) is 42.3 Å². The average molecular weight is 407 g/mol. The molecule has 0 saturated carbocycles. The predicted octanol–water partition coefficient (Wildman–Crippen LogP) is 1.18. The zero-order chi connectivity index (χ0) is 20.1. The Balaban J connectivity index is 1.92. The Labute approximate surface area is 163 Å². The van der Waals surface area contributed by atoms with Crippen molar-refractivity contribution >= 4 is 27.4 Å². The fourth-order valence-electron chi connectivity index (χ4n) is 2.89. The molecule has 2 aromatic rings. The molecule has 1 aromatic heterocycles. The van der Waals surface area contributed by atoms with Crippen LogP contribution in [0.4, 0.5) is 15.9 Å². The van der Waals surface area contributed by atoms with Gasteiger partial charge in [-0.05, 0) is 37.3 Å². The summed E-state index contributed by atoms with van der Waals surface area (Å²) in [4.78, 5) is 18.8. The molecule has 1 amide bonds. The molecule has 150 valence electrons. The highest BCUT2D eigenvalue weighted by Crippen LogP contribution is 2.24. The van der Waals surface area contributed by atoms with Crippen LogP contribution in [0.25, 0.3) is 0 Å². The number of amides is 1. The molecule has 1 saturated heterocycles. The maximum absolute atomic E-state index is 13.1. The van der Waals surface area contributed by atoms with Crippen LogP contribution in [-0.4, -0.2) is 52.0 Å². The van der Waals surface area contributed by atoms with E-state index in [1.807, 2.05) is 4.90 Å². The van der Waals surface area contributed by atoms with E-state index in [9.17, 15) is 17.6 Å². The summed E-state index contributed by atoms with van der Waals surface area (Å²) in [5, 5.41) is 5.96. The SMILES string of the molecule is CCNC(=O)c1cc(NS(=O)(=O)c2ccc(F)cc2)cnc1N1CCNCC1. The first-order chi connectivity index (χ1) is 13.4. The van der Waals surface area contributed by atoms with Gasteiger partial charge in [-0.2, -0.15) is 0 Å². The number of carbonyl (C=O) groups excluding carboxylic acids is 1. The van der Waals surface area contributed by atoms with Gasteiger partial charge in [-0.3, -0.25) is 9.52 Å².